The van der Waals surface area contributed by atoms with E-state index in [0.717, 1.165) is 17.9 Å². The third-order valence-electron chi connectivity index (χ3n) is 5.87. The van der Waals surface area contributed by atoms with E-state index in [2.05, 4.69) is 25.8 Å². The third-order valence-corrected chi connectivity index (χ3v) is 5.87. The average Bonchev–Trinajstić information content (AvgIpc) is 2.95. The molecule has 2 fully saturated rings. The minimum absolute atomic E-state index is 0.0457. The number of aryl methyl sites for hydroxylation is 1. The van der Waals surface area contributed by atoms with Crippen LogP contribution in [0.2, 0.25) is 0 Å². The van der Waals surface area contributed by atoms with Gasteiger partial charge in [-0.3, -0.25) is 9.59 Å². The Morgan fingerprint density at radius 3 is 2.08 bits per heavy atom. The van der Waals surface area contributed by atoms with Crippen molar-refractivity contribution in [3.63, 3.8) is 0 Å². The van der Waals surface area contributed by atoms with E-state index in [-0.39, 0.29) is 17.1 Å². The molecular formula is C21H37NO3. The van der Waals surface area contributed by atoms with Crippen LogP contribution in [0.15, 0.2) is 23.1 Å². The van der Waals surface area contributed by atoms with E-state index < -0.39 is 0 Å². The zero-order chi connectivity index (χ0) is 19.7. The molecule has 3 atom stereocenters. The minimum atomic E-state index is -0.0457. The van der Waals surface area contributed by atoms with E-state index in [1.165, 1.54) is 18.9 Å². The first-order valence-electron chi connectivity index (χ1n) is 9.55. The second-order valence-corrected chi connectivity index (χ2v) is 7.06. The molecule has 2 saturated carbocycles. The number of nitrogens with one attached hydrogen (secondary N) is 1. The number of pyridine rings is 1. The Hall–Kier alpha value is -1.58. The first kappa shape index (κ1) is 23.4. The quantitative estimate of drug-likeness (QED) is 0.753. The van der Waals surface area contributed by atoms with Gasteiger partial charge in [0.15, 0.2) is 0 Å². The number of carbonyl (C=O) groups excluding carboxylic acids is 1. The molecule has 0 aromatic carbocycles. The van der Waals surface area contributed by atoms with E-state index in [0.29, 0.717) is 11.9 Å². The maximum atomic E-state index is 10.4. The first-order valence-corrected chi connectivity index (χ1v) is 9.55. The molecule has 2 aliphatic rings. The van der Waals surface area contributed by atoms with Gasteiger partial charge in [0.05, 0.1) is 0 Å². The molecule has 2 aliphatic carbocycles. The molecule has 0 saturated heterocycles. The van der Waals surface area contributed by atoms with Gasteiger partial charge < -0.3 is 9.72 Å². The van der Waals surface area contributed by atoms with Crippen LogP contribution in [0.4, 0.5) is 0 Å². The second kappa shape index (κ2) is 10.4. The molecule has 3 unspecified atom stereocenters. The SMILES string of the molecule is CC.CC.CC1(C)C2CCC1(C)C(OC=O)C2.Cc1ccc(=O)[nH]c1. The van der Waals surface area contributed by atoms with Gasteiger partial charge in [-0.2, -0.15) is 0 Å². The number of hydrogen-bond acceptors (Lipinski definition) is 3. The van der Waals surface area contributed by atoms with Gasteiger partial charge in [0, 0.05) is 17.7 Å². The highest BCUT2D eigenvalue weighted by atomic mass is 16.5. The topological polar surface area (TPSA) is 59.2 Å². The highest BCUT2D eigenvalue weighted by Gasteiger charge is 2.62. The number of H-pyrrole nitrogens is 1. The Labute approximate surface area is 153 Å². The van der Waals surface area contributed by atoms with Gasteiger partial charge >= 0.3 is 0 Å². The summed E-state index contributed by atoms with van der Waals surface area (Å²) in [5.41, 5.74) is 1.60. The third kappa shape index (κ3) is 5.20. The molecule has 144 valence electrons. The van der Waals surface area contributed by atoms with Crippen LogP contribution in [0.1, 0.15) is 73.3 Å². The fraction of sp³-hybridized carbons (Fsp3) is 0.714. The summed E-state index contributed by atoms with van der Waals surface area (Å²) >= 11 is 0. The van der Waals surface area contributed by atoms with E-state index in [1.54, 1.807) is 12.3 Å². The summed E-state index contributed by atoms with van der Waals surface area (Å²) in [6.45, 7) is 17.5. The van der Waals surface area contributed by atoms with Crippen molar-refractivity contribution in [1.29, 1.82) is 0 Å². The van der Waals surface area contributed by atoms with Crippen molar-refractivity contribution in [2.45, 2.75) is 80.8 Å². The maximum Gasteiger partial charge on any atom is 0.293 e. The zero-order valence-electron chi connectivity index (χ0n) is 17.3. The summed E-state index contributed by atoms with van der Waals surface area (Å²) in [6.07, 6.45) is 5.44. The molecule has 1 heterocycles. The Balaban J connectivity index is 0.000000414. The second-order valence-electron chi connectivity index (χ2n) is 7.06. The van der Waals surface area contributed by atoms with Gasteiger partial charge in [-0.1, -0.05) is 54.5 Å². The van der Waals surface area contributed by atoms with Crippen molar-refractivity contribution in [3.05, 3.63) is 34.2 Å². The van der Waals surface area contributed by atoms with Crippen LogP contribution in [-0.2, 0) is 9.53 Å². The van der Waals surface area contributed by atoms with Crippen LogP contribution in [0.3, 0.4) is 0 Å². The van der Waals surface area contributed by atoms with Crippen molar-refractivity contribution in [2.75, 3.05) is 0 Å². The number of aromatic nitrogens is 1. The summed E-state index contributed by atoms with van der Waals surface area (Å²) in [5.74, 6) is 0.752. The minimum Gasteiger partial charge on any atom is -0.464 e. The Morgan fingerprint density at radius 1 is 1.16 bits per heavy atom. The van der Waals surface area contributed by atoms with Crippen molar-refractivity contribution < 1.29 is 9.53 Å². The molecule has 2 bridgehead atoms. The standard InChI is InChI=1S/C11H18O2.C6H7NO.2C2H6/c1-10(2)8-4-5-11(10,3)9(6-8)13-7-12;1-5-2-3-6(8)7-4-5;2*1-2/h7-9H,4-6H2,1-3H3;2-4H,1H3,(H,7,8);2*1-2H3. The van der Waals surface area contributed by atoms with E-state index in [1.807, 2.05) is 34.6 Å². The highest BCUT2D eigenvalue weighted by Crippen LogP contribution is 2.66. The molecule has 0 amide bonds. The van der Waals surface area contributed by atoms with Crippen LogP contribution in [0, 0.1) is 23.7 Å². The summed E-state index contributed by atoms with van der Waals surface area (Å²) in [4.78, 5) is 23.3. The van der Waals surface area contributed by atoms with E-state index in [4.69, 9.17) is 4.74 Å². The largest absolute Gasteiger partial charge is 0.464 e. The van der Waals surface area contributed by atoms with Crippen LogP contribution in [-0.4, -0.2) is 17.6 Å². The van der Waals surface area contributed by atoms with Crippen LogP contribution in [0.25, 0.3) is 0 Å². The Kier molecular flexibility index (Phi) is 9.76. The van der Waals surface area contributed by atoms with Crippen LogP contribution in [0.5, 0.6) is 0 Å². The number of fused-ring (bicyclic) bond motifs is 2. The molecule has 0 radical (unpaired) electrons. The fourth-order valence-corrected chi connectivity index (χ4v) is 3.89. The number of aromatic amines is 1. The Morgan fingerprint density at radius 2 is 1.76 bits per heavy atom. The maximum absolute atomic E-state index is 10.4. The lowest BCUT2D eigenvalue weighted by molar-refractivity contribution is -0.141. The van der Waals surface area contributed by atoms with E-state index >= 15 is 0 Å². The summed E-state index contributed by atoms with van der Waals surface area (Å²) in [5, 5.41) is 0. The molecule has 1 aromatic rings. The normalized spacial score (nSPS) is 27.5. The lowest BCUT2D eigenvalue weighted by Gasteiger charge is -2.37. The lowest BCUT2D eigenvalue weighted by atomic mass is 9.70. The van der Waals surface area contributed by atoms with E-state index in [9.17, 15) is 9.59 Å². The molecule has 0 aliphatic heterocycles. The summed E-state index contributed by atoms with van der Waals surface area (Å²) in [6, 6.07) is 3.29. The molecule has 4 heteroatoms. The monoisotopic (exact) mass is 351 g/mol. The summed E-state index contributed by atoms with van der Waals surface area (Å²) < 4.78 is 5.19. The smallest absolute Gasteiger partial charge is 0.293 e. The number of carbonyl (C=O) groups is 1. The van der Waals surface area contributed by atoms with Crippen LogP contribution < -0.4 is 5.56 Å². The molecule has 25 heavy (non-hydrogen) atoms. The predicted molar refractivity (Wildman–Crippen MR) is 105 cm³/mol. The number of ether oxygens (including phenoxy) is 1. The molecule has 1 aromatic heterocycles. The van der Waals surface area contributed by atoms with Crippen molar-refractivity contribution in [2.24, 2.45) is 16.7 Å². The Bertz CT molecular complexity index is 544. The lowest BCUT2D eigenvalue weighted by Crippen LogP contribution is -2.36. The first-order chi connectivity index (χ1) is 11.8. The van der Waals surface area contributed by atoms with Gasteiger partial charge in [-0.15, -0.1) is 0 Å². The molecule has 4 nitrogen and oxygen atoms in total. The number of hydrogen-bond donors (Lipinski definition) is 1. The fourth-order valence-electron chi connectivity index (χ4n) is 3.89. The van der Waals surface area contributed by atoms with Gasteiger partial charge in [-0.05, 0) is 43.1 Å². The highest BCUT2D eigenvalue weighted by molar-refractivity contribution is 5.38. The van der Waals surface area contributed by atoms with Crippen LogP contribution >= 0.6 is 0 Å². The van der Waals surface area contributed by atoms with Gasteiger partial charge in [0.25, 0.3) is 6.47 Å². The summed E-state index contributed by atoms with van der Waals surface area (Å²) in [7, 11) is 0. The molecule has 3 rings (SSSR count). The predicted octanol–water partition coefficient (Wildman–Crippen LogP) is 5.11. The zero-order valence-corrected chi connectivity index (χ0v) is 17.3. The van der Waals surface area contributed by atoms with Crippen molar-refractivity contribution in [1.82, 2.24) is 4.98 Å². The van der Waals surface area contributed by atoms with Crippen molar-refractivity contribution >= 4 is 6.47 Å². The van der Waals surface area contributed by atoms with Gasteiger partial charge in [0.1, 0.15) is 6.10 Å². The van der Waals surface area contributed by atoms with Gasteiger partial charge in [0.2, 0.25) is 5.56 Å². The average molecular weight is 352 g/mol. The van der Waals surface area contributed by atoms with Crippen molar-refractivity contribution in [3.8, 4) is 0 Å². The molecule has 1 N–H and O–H groups in total. The molecular weight excluding hydrogens is 314 g/mol. The van der Waals surface area contributed by atoms with Gasteiger partial charge in [-0.25, -0.2) is 0 Å². The molecule has 0 spiro atoms. The number of rotatable bonds is 2.